The van der Waals surface area contributed by atoms with Crippen molar-refractivity contribution < 1.29 is 9.90 Å². The van der Waals surface area contributed by atoms with Crippen molar-refractivity contribution in [3.63, 3.8) is 0 Å². The van der Waals surface area contributed by atoms with Gasteiger partial charge in [0, 0.05) is 6.54 Å². The van der Waals surface area contributed by atoms with E-state index in [2.05, 4.69) is 26.0 Å². The number of hydrogen-bond acceptors (Lipinski definition) is 2. The van der Waals surface area contributed by atoms with Crippen LogP contribution in [0.1, 0.15) is 50.7 Å². The minimum atomic E-state index is -0.825. The van der Waals surface area contributed by atoms with Crippen molar-refractivity contribution in [1.29, 1.82) is 0 Å². The molecule has 0 radical (unpaired) electrons. The summed E-state index contributed by atoms with van der Waals surface area (Å²) in [5, 5.41) is 9.48. The summed E-state index contributed by atoms with van der Waals surface area (Å²) < 4.78 is 0. The van der Waals surface area contributed by atoms with E-state index in [4.69, 9.17) is 5.73 Å². The van der Waals surface area contributed by atoms with E-state index in [9.17, 15) is 9.90 Å². The molecule has 0 bridgehead atoms. The predicted octanol–water partition coefficient (Wildman–Crippen LogP) is 3.18. The van der Waals surface area contributed by atoms with Gasteiger partial charge in [-0.1, -0.05) is 51.5 Å². The van der Waals surface area contributed by atoms with E-state index < -0.39 is 11.4 Å². The molecule has 0 fully saturated rings. The number of rotatable bonds is 7. The maximum Gasteiger partial charge on any atom is 0.311 e. The topological polar surface area (TPSA) is 63.3 Å². The standard InChI is InChI=1S/C16H25NO2/c1-4-9-16(11-17,15(18)19)10-13-5-7-14(8-6-13)12(2)3/h5-8,12H,4,9-11,17H2,1-3H3,(H,18,19). The number of aliphatic carboxylic acids is 1. The largest absolute Gasteiger partial charge is 0.481 e. The van der Waals surface area contributed by atoms with Crippen LogP contribution in [0.15, 0.2) is 24.3 Å². The number of carbonyl (C=O) groups is 1. The summed E-state index contributed by atoms with van der Waals surface area (Å²) in [6.45, 7) is 6.47. The molecular formula is C16H25NO2. The van der Waals surface area contributed by atoms with E-state index in [0.29, 0.717) is 18.8 Å². The molecule has 0 amide bonds. The Morgan fingerprint density at radius 3 is 2.26 bits per heavy atom. The summed E-state index contributed by atoms with van der Waals surface area (Å²) >= 11 is 0. The fourth-order valence-corrected chi connectivity index (χ4v) is 2.42. The van der Waals surface area contributed by atoms with Crippen LogP contribution in [0.25, 0.3) is 0 Å². The van der Waals surface area contributed by atoms with Gasteiger partial charge in [0.15, 0.2) is 0 Å². The van der Waals surface area contributed by atoms with Gasteiger partial charge in [-0.2, -0.15) is 0 Å². The van der Waals surface area contributed by atoms with Gasteiger partial charge >= 0.3 is 5.97 Å². The van der Waals surface area contributed by atoms with E-state index in [0.717, 1.165) is 12.0 Å². The average molecular weight is 263 g/mol. The van der Waals surface area contributed by atoms with E-state index in [1.165, 1.54) is 5.56 Å². The van der Waals surface area contributed by atoms with Gasteiger partial charge in [0.25, 0.3) is 0 Å². The number of carboxylic acids is 1. The fraction of sp³-hybridized carbons (Fsp3) is 0.562. The van der Waals surface area contributed by atoms with Crippen LogP contribution < -0.4 is 5.73 Å². The molecule has 0 heterocycles. The van der Waals surface area contributed by atoms with Gasteiger partial charge in [-0.25, -0.2) is 0 Å². The highest BCUT2D eigenvalue weighted by molar-refractivity contribution is 5.75. The summed E-state index contributed by atoms with van der Waals surface area (Å²) in [7, 11) is 0. The van der Waals surface area contributed by atoms with Crippen LogP contribution in [0.3, 0.4) is 0 Å². The molecule has 1 aromatic rings. The van der Waals surface area contributed by atoms with Crippen molar-refractivity contribution >= 4 is 5.97 Å². The van der Waals surface area contributed by atoms with Crippen molar-refractivity contribution in [3.05, 3.63) is 35.4 Å². The molecule has 106 valence electrons. The minimum absolute atomic E-state index is 0.183. The van der Waals surface area contributed by atoms with Gasteiger partial charge in [-0.3, -0.25) is 4.79 Å². The van der Waals surface area contributed by atoms with E-state index in [1.807, 2.05) is 19.1 Å². The Labute approximate surface area is 115 Å². The molecule has 0 aliphatic carbocycles. The first-order chi connectivity index (χ1) is 8.95. The molecule has 1 unspecified atom stereocenters. The lowest BCUT2D eigenvalue weighted by Crippen LogP contribution is -2.40. The van der Waals surface area contributed by atoms with Gasteiger partial charge < -0.3 is 10.8 Å². The maximum atomic E-state index is 11.5. The highest BCUT2D eigenvalue weighted by Crippen LogP contribution is 2.29. The Hall–Kier alpha value is -1.35. The van der Waals surface area contributed by atoms with Gasteiger partial charge in [0.2, 0.25) is 0 Å². The van der Waals surface area contributed by atoms with Gasteiger partial charge in [-0.05, 0) is 29.9 Å². The molecular weight excluding hydrogens is 238 g/mol. The lowest BCUT2D eigenvalue weighted by Gasteiger charge is -2.27. The van der Waals surface area contributed by atoms with Crippen molar-refractivity contribution in [2.45, 2.75) is 46.0 Å². The number of nitrogens with two attached hydrogens (primary N) is 1. The van der Waals surface area contributed by atoms with Crippen molar-refractivity contribution in [3.8, 4) is 0 Å². The molecule has 0 aliphatic rings. The van der Waals surface area contributed by atoms with Gasteiger partial charge in [0.05, 0.1) is 5.41 Å². The summed E-state index contributed by atoms with van der Waals surface area (Å²) in [6, 6.07) is 8.21. The van der Waals surface area contributed by atoms with Crippen LogP contribution >= 0.6 is 0 Å². The molecule has 1 atom stereocenters. The second-order valence-corrected chi connectivity index (χ2v) is 5.61. The monoisotopic (exact) mass is 263 g/mol. The van der Waals surface area contributed by atoms with Crippen LogP contribution in [0.5, 0.6) is 0 Å². The summed E-state index contributed by atoms with van der Waals surface area (Å²) in [5.41, 5.74) is 7.23. The normalized spacial score (nSPS) is 14.4. The molecule has 0 aromatic heterocycles. The van der Waals surface area contributed by atoms with Gasteiger partial charge in [-0.15, -0.1) is 0 Å². The first-order valence-corrected chi connectivity index (χ1v) is 6.97. The zero-order valence-electron chi connectivity index (χ0n) is 12.1. The Kier molecular flexibility index (Phi) is 5.55. The Morgan fingerprint density at radius 1 is 1.32 bits per heavy atom. The van der Waals surface area contributed by atoms with Crippen molar-refractivity contribution in [1.82, 2.24) is 0 Å². The quantitative estimate of drug-likeness (QED) is 0.794. The zero-order chi connectivity index (χ0) is 14.5. The highest BCUT2D eigenvalue weighted by atomic mass is 16.4. The highest BCUT2D eigenvalue weighted by Gasteiger charge is 2.36. The molecule has 0 saturated carbocycles. The molecule has 1 aromatic carbocycles. The van der Waals surface area contributed by atoms with E-state index >= 15 is 0 Å². The maximum absolute atomic E-state index is 11.5. The SMILES string of the molecule is CCCC(CN)(Cc1ccc(C(C)C)cc1)C(=O)O. The van der Waals surface area contributed by atoms with Crippen LogP contribution in [-0.2, 0) is 11.2 Å². The summed E-state index contributed by atoms with van der Waals surface area (Å²) in [6.07, 6.45) is 1.95. The third kappa shape index (κ3) is 3.80. The average Bonchev–Trinajstić information content (AvgIpc) is 2.38. The molecule has 0 saturated heterocycles. The fourth-order valence-electron chi connectivity index (χ4n) is 2.42. The first kappa shape index (κ1) is 15.7. The summed E-state index contributed by atoms with van der Waals surface area (Å²) in [4.78, 5) is 11.5. The zero-order valence-corrected chi connectivity index (χ0v) is 12.1. The van der Waals surface area contributed by atoms with Crippen LogP contribution in [0, 0.1) is 5.41 Å². The minimum Gasteiger partial charge on any atom is -0.481 e. The molecule has 0 aliphatic heterocycles. The second-order valence-electron chi connectivity index (χ2n) is 5.61. The molecule has 3 nitrogen and oxygen atoms in total. The predicted molar refractivity (Wildman–Crippen MR) is 78.3 cm³/mol. The number of benzene rings is 1. The third-order valence-corrected chi connectivity index (χ3v) is 3.76. The lowest BCUT2D eigenvalue weighted by atomic mass is 9.77. The summed E-state index contributed by atoms with van der Waals surface area (Å²) in [5.74, 6) is -0.298. The van der Waals surface area contributed by atoms with Crippen molar-refractivity contribution in [2.75, 3.05) is 6.54 Å². The van der Waals surface area contributed by atoms with E-state index in [-0.39, 0.29) is 6.54 Å². The smallest absolute Gasteiger partial charge is 0.311 e. The Morgan fingerprint density at radius 2 is 1.89 bits per heavy atom. The molecule has 1 rings (SSSR count). The number of carboxylic acid groups (broad SMARTS) is 1. The molecule has 0 spiro atoms. The van der Waals surface area contributed by atoms with Gasteiger partial charge in [0.1, 0.15) is 0 Å². The van der Waals surface area contributed by atoms with E-state index in [1.54, 1.807) is 0 Å². The third-order valence-electron chi connectivity index (χ3n) is 3.76. The van der Waals surface area contributed by atoms with Crippen LogP contribution in [-0.4, -0.2) is 17.6 Å². The van der Waals surface area contributed by atoms with Crippen molar-refractivity contribution in [2.24, 2.45) is 11.1 Å². The molecule has 3 N–H and O–H groups in total. The molecule has 3 heteroatoms. The first-order valence-electron chi connectivity index (χ1n) is 6.97. The molecule has 19 heavy (non-hydrogen) atoms. The van der Waals surface area contributed by atoms with Crippen LogP contribution in [0.4, 0.5) is 0 Å². The van der Waals surface area contributed by atoms with Crippen LogP contribution in [0.2, 0.25) is 0 Å². The Bertz CT molecular complexity index is 411. The Balaban J connectivity index is 2.93. The second kappa shape index (κ2) is 6.71. The lowest BCUT2D eigenvalue weighted by molar-refractivity contribution is -0.148. The number of hydrogen-bond donors (Lipinski definition) is 2.